The molecule has 0 aromatic heterocycles. The van der Waals surface area contributed by atoms with Gasteiger partial charge in [0.1, 0.15) is 0 Å². The van der Waals surface area contributed by atoms with Gasteiger partial charge in [-0.2, -0.15) is 0 Å². The van der Waals surface area contributed by atoms with Gasteiger partial charge in [0, 0.05) is 17.4 Å². The fourth-order valence-corrected chi connectivity index (χ4v) is 2.09. The summed E-state index contributed by atoms with van der Waals surface area (Å²) >= 11 is 3.37. The molecule has 0 heterocycles. The van der Waals surface area contributed by atoms with Crippen molar-refractivity contribution in [3.05, 3.63) is 34.3 Å². The second-order valence-corrected chi connectivity index (χ2v) is 6.08. The molecule has 6 heteroatoms. The Kier molecular flexibility index (Phi) is 7.22. The quantitative estimate of drug-likeness (QED) is 0.701. The number of hydrogen-bond acceptors (Lipinski definition) is 2. The molecule has 1 rings (SSSR count). The minimum absolute atomic E-state index is 0.0903. The average Bonchev–Trinajstić information content (AvgIpc) is 2.43. The van der Waals surface area contributed by atoms with Crippen molar-refractivity contribution < 1.29 is 14.7 Å². The molecule has 0 aliphatic rings. The van der Waals surface area contributed by atoms with Crippen LogP contribution in [0.1, 0.15) is 38.3 Å². The fourth-order valence-electron chi connectivity index (χ4n) is 1.82. The van der Waals surface area contributed by atoms with Crippen molar-refractivity contribution in [3.63, 3.8) is 0 Å². The fraction of sp³-hybridized carbons (Fsp3) is 0.467. The number of carboxylic acid groups (broad SMARTS) is 1. The molecule has 0 aliphatic carbocycles. The van der Waals surface area contributed by atoms with E-state index in [1.165, 1.54) is 0 Å². The van der Waals surface area contributed by atoms with Crippen LogP contribution in [0.2, 0.25) is 0 Å². The van der Waals surface area contributed by atoms with E-state index in [-0.39, 0.29) is 24.4 Å². The smallest absolute Gasteiger partial charge is 0.315 e. The molecular formula is C15H21BrN2O3. The summed E-state index contributed by atoms with van der Waals surface area (Å²) in [6, 6.07) is 7.42. The topological polar surface area (TPSA) is 78.4 Å². The lowest BCUT2D eigenvalue weighted by molar-refractivity contribution is -0.137. The summed E-state index contributed by atoms with van der Waals surface area (Å²) in [4.78, 5) is 22.3. The first-order valence-electron chi connectivity index (χ1n) is 6.90. The Labute approximate surface area is 133 Å². The molecule has 0 fully saturated rings. The molecule has 116 valence electrons. The van der Waals surface area contributed by atoms with Crippen LogP contribution in [-0.2, 0) is 4.79 Å². The lowest BCUT2D eigenvalue weighted by atomic mass is 10.1. The molecule has 5 nitrogen and oxygen atoms in total. The molecule has 3 N–H and O–H groups in total. The van der Waals surface area contributed by atoms with E-state index in [2.05, 4.69) is 26.6 Å². The zero-order chi connectivity index (χ0) is 15.8. The number of benzene rings is 1. The maximum atomic E-state index is 11.8. The van der Waals surface area contributed by atoms with Crippen molar-refractivity contribution >= 4 is 27.9 Å². The van der Waals surface area contributed by atoms with Crippen LogP contribution in [-0.4, -0.2) is 23.7 Å². The van der Waals surface area contributed by atoms with Gasteiger partial charge in [-0.05, 0) is 37.0 Å². The van der Waals surface area contributed by atoms with Gasteiger partial charge >= 0.3 is 12.0 Å². The maximum Gasteiger partial charge on any atom is 0.315 e. The van der Waals surface area contributed by atoms with Gasteiger partial charge in [0.2, 0.25) is 0 Å². The van der Waals surface area contributed by atoms with Crippen LogP contribution in [0, 0.1) is 5.92 Å². The molecule has 2 atom stereocenters. The van der Waals surface area contributed by atoms with Gasteiger partial charge in [0.15, 0.2) is 0 Å². The number of halogens is 1. The number of rotatable bonds is 7. The summed E-state index contributed by atoms with van der Waals surface area (Å²) in [7, 11) is 0. The van der Waals surface area contributed by atoms with E-state index in [0.29, 0.717) is 13.0 Å². The lowest BCUT2D eigenvalue weighted by Gasteiger charge is -2.17. The number of urea groups is 1. The largest absolute Gasteiger partial charge is 0.481 e. The summed E-state index contributed by atoms with van der Waals surface area (Å²) in [6.45, 7) is 4.30. The molecule has 2 unspecified atom stereocenters. The molecule has 2 amide bonds. The molecule has 0 radical (unpaired) electrons. The minimum Gasteiger partial charge on any atom is -0.481 e. The standard InChI is InChI=1S/C15H21BrN2O3/c1-10(3-8-14(19)20)9-17-15(21)18-11(2)12-4-6-13(16)7-5-12/h4-7,10-11H,3,8-9H2,1-2H3,(H,19,20)(H2,17,18,21). The van der Waals surface area contributed by atoms with Crippen LogP contribution in [0.4, 0.5) is 4.79 Å². The summed E-state index contributed by atoms with van der Waals surface area (Å²) in [5.74, 6) is -0.676. The van der Waals surface area contributed by atoms with Crippen LogP contribution >= 0.6 is 15.9 Å². The predicted octanol–water partition coefficient (Wildman–Crippen LogP) is 3.31. The van der Waals surface area contributed by atoms with Crippen molar-refractivity contribution in [2.75, 3.05) is 6.54 Å². The van der Waals surface area contributed by atoms with Gasteiger partial charge in [0.25, 0.3) is 0 Å². The third-order valence-electron chi connectivity index (χ3n) is 3.18. The Balaban J connectivity index is 2.32. The normalized spacial score (nSPS) is 13.3. The summed E-state index contributed by atoms with van der Waals surface area (Å²) in [6.07, 6.45) is 0.678. The SMILES string of the molecule is CC(CCC(=O)O)CNC(=O)NC(C)c1ccc(Br)cc1. The van der Waals surface area contributed by atoms with E-state index in [1.807, 2.05) is 38.1 Å². The van der Waals surface area contributed by atoms with E-state index in [1.54, 1.807) is 0 Å². The highest BCUT2D eigenvalue weighted by molar-refractivity contribution is 9.10. The van der Waals surface area contributed by atoms with E-state index < -0.39 is 5.97 Å². The van der Waals surface area contributed by atoms with Crippen LogP contribution in [0.15, 0.2) is 28.7 Å². The van der Waals surface area contributed by atoms with Crippen molar-refractivity contribution in [2.24, 2.45) is 5.92 Å². The van der Waals surface area contributed by atoms with Gasteiger partial charge < -0.3 is 15.7 Å². The first kappa shape index (κ1) is 17.5. The van der Waals surface area contributed by atoms with E-state index >= 15 is 0 Å². The van der Waals surface area contributed by atoms with Crippen molar-refractivity contribution in [2.45, 2.75) is 32.7 Å². The highest BCUT2D eigenvalue weighted by Crippen LogP contribution is 2.16. The highest BCUT2D eigenvalue weighted by Gasteiger charge is 2.11. The van der Waals surface area contributed by atoms with Gasteiger partial charge in [0.05, 0.1) is 6.04 Å². The van der Waals surface area contributed by atoms with Crippen molar-refractivity contribution in [1.29, 1.82) is 0 Å². The van der Waals surface area contributed by atoms with Gasteiger partial charge in [-0.25, -0.2) is 4.79 Å². The Morgan fingerprint density at radius 1 is 1.24 bits per heavy atom. The zero-order valence-corrected chi connectivity index (χ0v) is 13.8. The zero-order valence-electron chi connectivity index (χ0n) is 12.2. The monoisotopic (exact) mass is 356 g/mol. The molecule has 21 heavy (non-hydrogen) atoms. The Hall–Kier alpha value is -1.56. The number of carbonyl (C=O) groups is 2. The summed E-state index contributed by atoms with van der Waals surface area (Å²) in [5.41, 5.74) is 1.02. The molecule has 0 bridgehead atoms. The lowest BCUT2D eigenvalue weighted by Crippen LogP contribution is -2.39. The Bertz CT molecular complexity index is 476. The summed E-state index contributed by atoms with van der Waals surface area (Å²) in [5, 5.41) is 14.2. The minimum atomic E-state index is -0.810. The van der Waals surface area contributed by atoms with Crippen LogP contribution in [0.25, 0.3) is 0 Å². The van der Waals surface area contributed by atoms with E-state index in [4.69, 9.17) is 5.11 Å². The number of carbonyl (C=O) groups excluding carboxylic acids is 1. The molecule has 1 aromatic rings. The first-order valence-corrected chi connectivity index (χ1v) is 7.69. The number of nitrogens with one attached hydrogen (secondary N) is 2. The van der Waals surface area contributed by atoms with E-state index in [9.17, 15) is 9.59 Å². The second-order valence-electron chi connectivity index (χ2n) is 5.17. The van der Waals surface area contributed by atoms with Crippen LogP contribution in [0.5, 0.6) is 0 Å². The first-order chi connectivity index (χ1) is 9.88. The van der Waals surface area contributed by atoms with Crippen molar-refractivity contribution in [3.8, 4) is 0 Å². The van der Waals surface area contributed by atoms with E-state index in [0.717, 1.165) is 10.0 Å². The highest BCUT2D eigenvalue weighted by atomic mass is 79.9. The maximum absolute atomic E-state index is 11.8. The average molecular weight is 357 g/mol. The predicted molar refractivity (Wildman–Crippen MR) is 85.1 cm³/mol. The number of hydrogen-bond donors (Lipinski definition) is 3. The van der Waals surface area contributed by atoms with Gasteiger partial charge in [-0.3, -0.25) is 4.79 Å². The third-order valence-corrected chi connectivity index (χ3v) is 3.71. The van der Waals surface area contributed by atoms with Crippen LogP contribution in [0.3, 0.4) is 0 Å². The number of carboxylic acids is 1. The van der Waals surface area contributed by atoms with Crippen molar-refractivity contribution in [1.82, 2.24) is 10.6 Å². The molecule has 0 saturated carbocycles. The molecule has 0 aliphatic heterocycles. The van der Waals surface area contributed by atoms with Gasteiger partial charge in [-0.1, -0.05) is 35.0 Å². The number of aliphatic carboxylic acids is 1. The van der Waals surface area contributed by atoms with Gasteiger partial charge in [-0.15, -0.1) is 0 Å². The van der Waals surface area contributed by atoms with Crippen LogP contribution < -0.4 is 10.6 Å². The molecule has 0 spiro atoms. The molecule has 0 saturated heterocycles. The molecule has 1 aromatic carbocycles. The third kappa shape index (κ3) is 7.13. The Morgan fingerprint density at radius 2 is 1.86 bits per heavy atom. The summed E-state index contributed by atoms with van der Waals surface area (Å²) < 4.78 is 0.996. The number of amides is 2. The Morgan fingerprint density at radius 3 is 2.43 bits per heavy atom. The second kappa shape index (κ2) is 8.67. The molecular weight excluding hydrogens is 336 g/mol.